The van der Waals surface area contributed by atoms with Crippen LogP contribution < -0.4 is 17.0 Å². The number of rotatable bonds is 18. The van der Waals surface area contributed by atoms with Gasteiger partial charge in [0.25, 0.3) is 15.7 Å². The van der Waals surface area contributed by atoms with E-state index < -0.39 is 79.0 Å². The predicted octanol–water partition coefficient (Wildman–Crippen LogP) is 5.71. The van der Waals surface area contributed by atoms with E-state index in [0.717, 1.165) is 21.1 Å². The minimum absolute atomic E-state index is 0.0382. The zero-order valence-electron chi connectivity index (χ0n) is 39.0. The van der Waals surface area contributed by atoms with Crippen LogP contribution in [0.4, 0.5) is 0 Å². The van der Waals surface area contributed by atoms with Crippen LogP contribution >= 0.6 is 0 Å². The van der Waals surface area contributed by atoms with E-state index in [2.05, 4.69) is 20.8 Å². The first-order valence-corrected chi connectivity index (χ1v) is 28.8. The molecule has 1 aromatic heterocycles. The fraction of sp³-hybridized carbons (Fsp3) is 0.556. The molecule has 3 aromatic rings. The number of hydrogen-bond donors (Lipinski definition) is 1. The lowest BCUT2D eigenvalue weighted by Gasteiger charge is -2.43. The molecule has 2 aliphatic heterocycles. The van der Waals surface area contributed by atoms with Crippen LogP contribution in [-0.4, -0.2) is 95.1 Å². The number of carbonyl (C=O) groups excluding carboxylic acids is 2. The van der Waals surface area contributed by atoms with Gasteiger partial charge in [-0.05, 0) is 60.7 Å². The minimum atomic E-state index is -4.33. The van der Waals surface area contributed by atoms with Crippen LogP contribution in [0, 0.1) is 6.92 Å². The third kappa shape index (κ3) is 11.8. The average Bonchev–Trinajstić information content (AvgIpc) is 3.63. The van der Waals surface area contributed by atoms with Crippen molar-refractivity contribution in [2.24, 2.45) is 5.73 Å². The molecule has 0 radical (unpaired) electrons. The number of benzene rings is 2. The third-order valence-corrected chi connectivity index (χ3v) is 22.8. The molecule has 16 nitrogen and oxygen atoms in total. The highest BCUT2D eigenvalue weighted by molar-refractivity contribution is 7.90. The zero-order chi connectivity index (χ0) is 47.5. The van der Waals surface area contributed by atoms with Crippen LogP contribution in [0.15, 0.2) is 87.6 Å². The summed E-state index contributed by atoms with van der Waals surface area (Å²) in [6.07, 6.45) is -2.23. The van der Waals surface area contributed by atoms with Gasteiger partial charge in [0.15, 0.2) is 28.5 Å². The standard InChI is InChI=1S/C45H66N4O12SSi2/c1-32-25-49(41-39(60-64(10,11)44(5,6)7)45(35(46)31-62(54,55)61-45)36(59-41)30-58-63(8,9)43(2,3)4)42(53)48(40(32)52)24-18-23-47(26-37(50)56-28-33-19-14-12-15-20-33)27-38(51)57-29-34-21-16-13-17-22-34/h12-17,19-22,25,31,36,39,41H,18,23-24,26-30,46H2,1-11H3/t36?,39-,41+,45?/m0/s1. The number of hydrogen-bond acceptors (Lipinski definition) is 14. The van der Waals surface area contributed by atoms with Crippen molar-refractivity contribution in [1.29, 1.82) is 0 Å². The minimum Gasteiger partial charge on any atom is -0.460 e. The molecule has 2 N–H and O–H groups in total. The Bertz CT molecular complexity index is 2340. The number of carbonyl (C=O) groups is 2. The van der Waals surface area contributed by atoms with Crippen molar-refractivity contribution in [3.63, 3.8) is 0 Å². The Labute approximate surface area is 379 Å². The highest BCUT2D eigenvalue weighted by Gasteiger charge is 2.67. The van der Waals surface area contributed by atoms with Crippen LogP contribution in [0.25, 0.3) is 0 Å². The smallest absolute Gasteiger partial charge is 0.333 e. The number of esters is 2. The maximum atomic E-state index is 14.7. The SMILES string of the molecule is Cc1cn([C@@H]2OC(CO[Si](C)(C)C(C)(C)C)C3(OS(=O)(=O)C=C3N)[C@H]2O[Si](C)(C)C(C)(C)C)c(=O)n(CCCN(CC(=O)OCc2ccccc2)CC(=O)OCc2ccccc2)c1=O. The van der Waals surface area contributed by atoms with Gasteiger partial charge in [0, 0.05) is 24.8 Å². The van der Waals surface area contributed by atoms with Gasteiger partial charge in [-0.3, -0.25) is 28.4 Å². The number of ether oxygens (including phenoxy) is 3. The second kappa shape index (κ2) is 19.7. The van der Waals surface area contributed by atoms with E-state index >= 15 is 0 Å². The Morgan fingerprint density at radius 3 is 1.83 bits per heavy atom. The number of aromatic nitrogens is 2. The zero-order valence-corrected chi connectivity index (χ0v) is 41.9. The summed E-state index contributed by atoms with van der Waals surface area (Å²) in [6, 6.07) is 18.4. The fourth-order valence-electron chi connectivity index (χ4n) is 6.95. The topological polar surface area (TPSA) is 197 Å². The summed E-state index contributed by atoms with van der Waals surface area (Å²) in [5, 5.41) is 0.247. The Kier molecular flexibility index (Phi) is 15.6. The van der Waals surface area contributed by atoms with Crippen molar-refractivity contribution in [3.8, 4) is 0 Å². The fourth-order valence-corrected chi connectivity index (χ4v) is 10.5. The molecule has 19 heteroatoms. The van der Waals surface area contributed by atoms with Gasteiger partial charge in [-0.2, -0.15) is 8.42 Å². The van der Waals surface area contributed by atoms with E-state index in [1.165, 1.54) is 10.8 Å². The maximum absolute atomic E-state index is 14.7. The summed E-state index contributed by atoms with van der Waals surface area (Å²) in [7, 11) is -9.64. The molecule has 2 aromatic carbocycles. The Hall–Kier alpha value is -4.22. The molecule has 1 fully saturated rings. The van der Waals surface area contributed by atoms with E-state index in [1.54, 1.807) is 11.8 Å². The number of nitrogens with zero attached hydrogens (tertiary/aromatic N) is 3. The quantitative estimate of drug-likeness (QED) is 0.0926. The molecule has 1 saturated heterocycles. The largest absolute Gasteiger partial charge is 0.460 e. The third-order valence-electron chi connectivity index (χ3n) is 12.8. The average molecular weight is 943 g/mol. The van der Waals surface area contributed by atoms with Gasteiger partial charge in [0.05, 0.1) is 30.8 Å². The van der Waals surface area contributed by atoms with Gasteiger partial charge >= 0.3 is 17.6 Å². The van der Waals surface area contributed by atoms with Crippen LogP contribution in [-0.2, 0) is 66.7 Å². The summed E-state index contributed by atoms with van der Waals surface area (Å²) in [5.74, 6) is -1.15. The van der Waals surface area contributed by atoms with Crippen molar-refractivity contribution in [2.75, 3.05) is 26.2 Å². The lowest BCUT2D eigenvalue weighted by Crippen LogP contribution is -2.59. The summed E-state index contributed by atoms with van der Waals surface area (Å²) < 4.78 is 66.2. The van der Waals surface area contributed by atoms with Crippen molar-refractivity contribution in [1.82, 2.24) is 14.0 Å². The summed E-state index contributed by atoms with van der Waals surface area (Å²) in [4.78, 5) is 56.2. The Balaban J connectivity index is 1.47. The normalized spacial score (nSPS) is 21.3. The first-order valence-electron chi connectivity index (χ1n) is 21.5. The van der Waals surface area contributed by atoms with E-state index in [-0.39, 0.29) is 68.7 Å². The lowest BCUT2D eigenvalue weighted by atomic mass is 9.89. The summed E-state index contributed by atoms with van der Waals surface area (Å²) >= 11 is 0. The summed E-state index contributed by atoms with van der Waals surface area (Å²) in [5.41, 5.74) is 5.05. The molecule has 0 bridgehead atoms. The molecule has 352 valence electrons. The molecule has 4 atom stereocenters. The van der Waals surface area contributed by atoms with Gasteiger partial charge in [0.1, 0.15) is 25.4 Å². The van der Waals surface area contributed by atoms with Gasteiger partial charge in [-0.25, -0.2) is 8.98 Å². The molecular weight excluding hydrogens is 877 g/mol. The lowest BCUT2D eigenvalue weighted by molar-refractivity contribution is -0.150. The molecule has 2 aliphatic rings. The van der Waals surface area contributed by atoms with Crippen LogP contribution in [0.2, 0.25) is 36.3 Å². The van der Waals surface area contributed by atoms with Crippen LogP contribution in [0.1, 0.15) is 70.9 Å². The van der Waals surface area contributed by atoms with Gasteiger partial charge in [-0.1, -0.05) is 102 Å². The van der Waals surface area contributed by atoms with Crippen molar-refractivity contribution in [2.45, 2.75) is 135 Å². The van der Waals surface area contributed by atoms with Crippen LogP contribution in [0.3, 0.4) is 0 Å². The molecule has 0 amide bonds. The second-order valence-corrected chi connectivity index (χ2v) is 30.6. The van der Waals surface area contributed by atoms with E-state index in [9.17, 15) is 27.6 Å². The molecule has 0 aliphatic carbocycles. The molecule has 5 rings (SSSR count). The van der Waals surface area contributed by atoms with Crippen molar-refractivity contribution in [3.05, 3.63) is 115 Å². The number of aryl methyl sites for hydroxylation is 1. The summed E-state index contributed by atoms with van der Waals surface area (Å²) in [6.45, 7) is 21.3. The Morgan fingerprint density at radius 2 is 1.36 bits per heavy atom. The van der Waals surface area contributed by atoms with Gasteiger partial charge < -0.3 is 28.8 Å². The van der Waals surface area contributed by atoms with Crippen LogP contribution in [0.5, 0.6) is 0 Å². The first-order chi connectivity index (χ1) is 29.7. The highest BCUT2D eigenvalue weighted by atomic mass is 32.2. The van der Waals surface area contributed by atoms with E-state index in [0.29, 0.717) is 0 Å². The van der Waals surface area contributed by atoms with E-state index in [1.807, 2.05) is 108 Å². The second-order valence-electron chi connectivity index (χ2n) is 19.6. The molecule has 1 spiro atoms. The maximum Gasteiger partial charge on any atom is 0.333 e. The van der Waals surface area contributed by atoms with Gasteiger partial charge in [-0.15, -0.1) is 0 Å². The predicted molar refractivity (Wildman–Crippen MR) is 247 cm³/mol. The Morgan fingerprint density at radius 1 is 0.844 bits per heavy atom. The highest BCUT2D eigenvalue weighted by Crippen LogP contribution is 2.52. The number of nitrogens with two attached hydrogens (primary N) is 1. The monoisotopic (exact) mass is 942 g/mol. The first kappa shape index (κ1) is 50.8. The molecule has 64 heavy (non-hydrogen) atoms. The molecule has 2 unspecified atom stereocenters. The molecule has 0 saturated carbocycles. The van der Waals surface area contributed by atoms with E-state index in [4.69, 9.17) is 33.0 Å². The van der Waals surface area contributed by atoms with Gasteiger partial charge in [0.2, 0.25) is 0 Å². The van der Waals surface area contributed by atoms with Crippen molar-refractivity contribution >= 4 is 38.7 Å². The molecular formula is C45H66N4O12SSi2. The molecule has 3 heterocycles. The van der Waals surface area contributed by atoms with Crippen molar-refractivity contribution < 1.29 is 45.3 Å².